The lowest BCUT2D eigenvalue weighted by molar-refractivity contribution is 0.0539. The molecule has 0 saturated carbocycles. The van der Waals surface area contributed by atoms with Gasteiger partial charge in [-0.05, 0) is 54.5 Å². The Morgan fingerprint density at radius 1 is 1.26 bits per heavy atom. The van der Waals surface area contributed by atoms with Gasteiger partial charge < -0.3 is 19.4 Å². The molecule has 1 N–H and O–H groups in total. The van der Waals surface area contributed by atoms with Gasteiger partial charge in [-0.1, -0.05) is 59.1 Å². The molecule has 2 aliphatic rings. The standard InChI is InChI=1S/C25H24Cl3FN2O3/c1-33-17-5-2-4-15(10-17)24-8-9-31(23(32)34-14-25(26,27)28)13-16(24)11-19-18-6-3-7-20(29)22(18)30-21(19)12-24/h2-7,10,16,30H,8-9,11-14H2,1H3. The van der Waals surface area contributed by atoms with Crippen LogP contribution in [-0.2, 0) is 23.0 Å². The highest BCUT2D eigenvalue weighted by atomic mass is 35.6. The van der Waals surface area contributed by atoms with E-state index in [0.29, 0.717) is 37.9 Å². The van der Waals surface area contributed by atoms with Crippen LogP contribution >= 0.6 is 34.8 Å². The van der Waals surface area contributed by atoms with Crippen molar-refractivity contribution >= 4 is 51.8 Å². The highest BCUT2D eigenvalue weighted by Gasteiger charge is 2.49. The minimum Gasteiger partial charge on any atom is -0.497 e. The van der Waals surface area contributed by atoms with Crippen molar-refractivity contribution in [3.8, 4) is 5.75 Å². The summed E-state index contributed by atoms with van der Waals surface area (Å²) in [6, 6.07) is 13.2. The van der Waals surface area contributed by atoms with Gasteiger partial charge in [0.1, 0.15) is 18.2 Å². The first kappa shape index (κ1) is 23.6. The monoisotopic (exact) mass is 524 g/mol. The van der Waals surface area contributed by atoms with E-state index in [0.717, 1.165) is 28.0 Å². The number of carbonyl (C=O) groups excluding carboxylic acids is 1. The number of piperidine rings is 1. The second-order valence-electron chi connectivity index (χ2n) is 9.08. The van der Waals surface area contributed by atoms with Crippen LogP contribution in [0.4, 0.5) is 9.18 Å². The molecule has 1 aromatic heterocycles. The van der Waals surface area contributed by atoms with Gasteiger partial charge in [-0.15, -0.1) is 0 Å². The molecule has 1 aliphatic heterocycles. The number of alkyl halides is 3. The molecular formula is C25H24Cl3FN2O3. The average molecular weight is 526 g/mol. The molecule has 1 fully saturated rings. The molecule has 5 nitrogen and oxygen atoms in total. The first-order valence-corrected chi connectivity index (χ1v) is 12.2. The molecule has 1 aliphatic carbocycles. The van der Waals surface area contributed by atoms with Gasteiger partial charge in [0.2, 0.25) is 3.79 Å². The Morgan fingerprint density at radius 2 is 2.06 bits per heavy atom. The number of para-hydroxylation sites is 1. The van der Waals surface area contributed by atoms with Gasteiger partial charge in [-0.2, -0.15) is 0 Å². The molecule has 5 rings (SSSR count). The number of methoxy groups -OCH3 is 1. The molecule has 1 amide bonds. The summed E-state index contributed by atoms with van der Waals surface area (Å²) in [5.74, 6) is 0.606. The number of likely N-dealkylation sites (tertiary alicyclic amines) is 1. The number of ether oxygens (including phenoxy) is 2. The lowest BCUT2D eigenvalue weighted by Crippen LogP contribution is -2.55. The number of hydrogen-bond donors (Lipinski definition) is 1. The average Bonchev–Trinajstić information content (AvgIpc) is 3.18. The number of H-pyrrole nitrogens is 1. The van der Waals surface area contributed by atoms with Crippen LogP contribution in [-0.4, -0.2) is 46.6 Å². The van der Waals surface area contributed by atoms with Crippen LogP contribution in [0.2, 0.25) is 0 Å². The Labute approximate surface area is 212 Å². The molecule has 180 valence electrons. The van der Waals surface area contributed by atoms with Crippen LogP contribution in [0.3, 0.4) is 0 Å². The number of benzene rings is 2. The van der Waals surface area contributed by atoms with E-state index in [9.17, 15) is 9.18 Å². The van der Waals surface area contributed by atoms with Crippen LogP contribution in [0.5, 0.6) is 5.75 Å². The van der Waals surface area contributed by atoms with E-state index in [1.165, 1.54) is 6.07 Å². The van der Waals surface area contributed by atoms with Crippen molar-refractivity contribution in [1.82, 2.24) is 9.88 Å². The predicted octanol–water partition coefficient (Wildman–Crippen LogP) is 6.18. The third-order valence-electron chi connectivity index (χ3n) is 7.23. The van der Waals surface area contributed by atoms with Crippen LogP contribution in [0.1, 0.15) is 23.2 Å². The SMILES string of the molecule is COc1cccc(C23CCN(C(=O)OCC(Cl)(Cl)Cl)CC2Cc2c([nH]c4c(F)cccc24)C3)c1. The van der Waals surface area contributed by atoms with Crippen LogP contribution in [0, 0.1) is 11.7 Å². The third-order valence-corrected chi connectivity index (χ3v) is 7.56. The highest BCUT2D eigenvalue weighted by molar-refractivity contribution is 6.67. The fourth-order valence-electron chi connectivity index (χ4n) is 5.62. The van der Waals surface area contributed by atoms with Crippen molar-refractivity contribution < 1.29 is 18.7 Å². The second kappa shape index (κ2) is 8.81. The molecule has 0 spiro atoms. The molecule has 0 bridgehead atoms. The van der Waals surface area contributed by atoms with Crippen LogP contribution < -0.4 is 4.74 Å². The Bertz CT molecular complexity index is 1240. The topological polar surface area (TPSA) is 54.6 Å². The Morgan fingerprint density at radius 3 is 2.82 bits per heavy atom. The number of aromatic amines is 1. The number of fused-ring (bicyclic) bond motifs is 4. The van der Waals surface area contributed by atoms with Crippen molar-refractivity contribution in [2.75, 3.05) is 26.8 Å². The molecule has 0 radical (unpaired) electrons. The fraction of sp³-hybridized carbons (Fsp3) is 0.400. The number of carbonyl (C=O) groups is 1. The third kappa shape index (κ3) is 4.21. The van der Waals surface area contributed by atoms with Gasteiger partial charge in [-0.25, -0.2) is 9.18 Å². The Kier molecular flexibility index (Phi) is 6.11. The number of amides is 1. The highest BCUT2D eigenvalue weighted by Crippen LogP contribution is 2.49. The maximum atomic E-state index is 14.6. The molecule has 3 aromatic rings. The summed E-state index contributed by atoms with van der Waals surface area (Å²) in [6.45, 7) is 0.665. The smallest absolute Gasteiger partial charge is 0.409 e. The Balaban J connectivity index is 1.53. The minimum atomic E-state index is -1.66. The number of rotatable bonds is 3. The number of halogens is 4. The molecule has 34 heavy (non-hydrogen) atoms. The molecule has 2 unspecified atom stereocenters. The second-order valence-corrected chi connectivity index (χ2v) is 11.6. The maximum Gasteiger partial charge on any atom is 0.409 e. The summed E-state index contributed by atoms with van der Waals surface area (Å²) in [7, 11) is 1.65. The van der Waals surface area contributed by atoms with E-state index in [4.69, 9.17) is 44.3 Å². The van der Waals surface area contributed by atoms with E-state index in [1.54, 1.807) is 18.1 Å². The lowest BCUT2D eigenvalue weighted by Gasteiger charge is -2.50. The van der Waals surface area contributed by atoms with E-state index >= 15 is 0 Å². The quantitative estimate of drug-likeness (QED) is 0.415. The minimum absolute atomic E-state index is 0.0865. The first-order valence-electron chi connectivity index (χ1n) is 11.1. The van der Waals surface area contributed by atoms with Crippen molar-refractivity contribution in [3.63, 3.8) is 0 Å². The van der Waals surface area contributed by atoms with Crippen molar-refractivity contribution in [3.05, 3.63) is 65.1 Å². The number of aromatic nitrogens is 1. The van der Waals surface area contributed by atoms with E-state index in [2.05, 4.69) is 17.1 Å². The molecule has 2 aromatic carbocycles. The van der Waals surface area contributed by atoms with Gasteiger partial charge in [-0.3, -0.25) is 0 Å². The molecule has 2 heterocycles. The zero-order chi connectivity index (χ0) is 24.1. The number of nitrogens with zero attached hydrogens (tertiary/aromatic N) is 1. The first-order chi connectivity index (χ1) is 16.2. The zero-order valence-electron chi connectivity index (χ0n) is 18.5. The predicted molar refractivity (Wildman–Crippen MR) is 132 cm³/mol. The summed E-state index contributed by atoms with van der Waals surface area (Å²) >= 11 is 17.3. The van der Waals surface area contributed by atoms with Crippen LogP contribution in [0.25, 0.3) is 10.9 Å². The normalized spacial score (nSPS) is 22.3. The molecule has 2 atom stereocenters. The molecule has 1 saturated heterocycles. The lowest BCUT2D eigenvalue weighted by atomic mass is 9.59. The zero-order valence-corrected chi connectivity index (χ0v) is 20.8. The summed E-state index contributed by atoms with van der Waals surface area (Å²) < 4.78 is 23.7. The largest absolute Gasteiger partial charge is 0.497 e. The van der Waals surface area contributed by atoms with Crippen molar-refractivity contribution in [2.45, 2.75) is 28.5 Å². The van der Waals surface area contributed by atoms with Crippen molar-refractivity contribution in [2.24, 2.45) is 5.92 Å². The summed E-state index contributed by atoms with van der Waals surface area (Å²) in [5.41, 5.74) is 3.59. The van der Waals surface area contributed by atoms with Gasteiger partial charge >= 0.3 is 6.09 Å². The van der Waals surface area contributed by atoms with Gasteiger partial charge in [0, 0.05) is 29.6 Å². The fourth-order valence-corrected chi connectivity index (χ4v) is 5.78. The summed E-state index contributed by atoms with van der Waals surface area (Å²) in [4.78, 5) is 17.8. The number of nitrogens with one attached hydrogen (secondary N) is 1. The summed E-state index contributed by atoms with van der Waals surface area (Å²) in [5, 5.41) is 0.894. The van der Waals surface area contributed by atoms with Crippen LogP contribution in [0.15, 0.2) is 42.5 Å². The van der Waals surface area contributed by atoms with E-state index < -0.39 is 9.89 Å². The van der Waals surface area contributed by atoms with E-state index in [1.807, 2.05) is 18.2 Å². The van der Waals surface area contributed by atoms with Gasteiger partial charge in [0.15, 0.2) is 0 Å². The van der Waals surface area contributed by atoms with Crippen molar-refractivity contribution in [1.29, 1.82) is 0 Å². The van der Waals surface area contributed by atoms with E-state index in [-0.39, 0.29) is 23.8 Å². The summed E-state index contributed by atoms with van der Waals surface area (Å²) in [6.07, 6.45) is 1.63. The number of hydrogen-bond acceptors (Lipinski definition) is 3. The Hall–Kier alpha value is -2.15. The van der Waals surface area contributed by atoms with Gasteiger partial charge in [0.25, 0.3) is 0 Å². The molecule has 9 heteroatoms. The molecular weight excluding hydrogens is 502 g/mol. The maximum absolute atomic E-state index is 14.6. The van der Waals surface area contributed by atoms with Gasteiger partial charge in [0.05, 0.1) is 12.6 Å².